The number of nitrogens with zero attached hydrogens (tertiary/aromatic N) is 1. The molecule has 0 aliphatic carbocycles. The highest BCUT2D eigenvalue weighted by Gasteiger charge is 2.32. The van der Waals surface area contributed by atoms with E-state index < -0.39 is 11.7 Å². The Morgan fingerprint density at radius 3 is 2.38 bits per heavy atom. The van der Waals surface area contributed by atoms with Gasteiger partial charge in [0.25, 0.3) is 5.69 Å². The molecule has 0 amide bonds. The molecule has 0 unspecified atom stereocenters. The molecular weight excluding hydrogens is 343 g/mol. The highest BCUT2D eigenvalue weighted by atomic mass is 19.4. The average Bonchev–Trinajstić information content (AvgIpc) is 2.80. The Hall–Kier alpha value is -2.76. The lowest BCUT2D eigenvalue weighted by atomic mass is 9.92. The summed E-state index contributed by atoms with van der Waals surface area (Å²) in [7, 11) is 0. The molecule has 138 valence electrons. The van der Waals surface area contributed by atoms with Gasteiger partial charge in [0.2, 0.25) is 0 Å². The van der Waals surface area contributed by atoms with Crippen molar-refractivity contribution in [1.82, 2.24) is 0 Å². The fraction of sp³-hybridized carbons (Fsp3) is 0.250. The first-order chi connectivity index (χ1) is 12.3. The molecule has 0 saturated carbocycles. The number of fused-ring (bicyclic) bond motifs is 3. The summed E-state index contributed by atoms with van der Waals surface area (Å²) >= 11 is 0. The molecule has 1 aliphatic heterocycles. The van der Waals surface area contributed by atoms with Crippen molar-refractivity contribution in [2.75, 3.05) is 6.61 Å². The van der Waals surface area contributed by atoms with Gasteiger partial charge in [-0.05, 0) is 29.3 Å². The van der Waals surface area contributed by atoms with E-state index >= 15 is 0 Å². The molecule has 6 heteroatoms. The number of benzene rings is 2. The van der Waals surface area contributed by atoms with Crippen molar-refractivity contribution >= 4 is 18.5 Å². The molecule has 3 nitrogen and oxygen atoms in total. The maximum atomic E-state index is 12.9. The predicted octanol–water partition coefficient (Wildman–Crippen LogP) is 5.71. The maximum Gasteiger partial charge on any atom is 0.416 e. The second-order valence-electron chi connectivity index (χ2n) is 5.44. The molecule has 1 aliphatic rings. The number of hydrogen-bond donors (Lipinski definition) is 1. The maximum absolute atomic E-state index is 12.9. The fourth-order valence-electron chi connectivity index (χ4n) is 2.93. The van der Waals surface area contributed by atoms with E-state index in [2.05, 4.69) is 13.3 Å². The summed E-state index contributed by atoms with van der Waals surface area (Å²) in [5.74, 6) is 0.196. The molecule has 0 fully saturated rings. The molecule has 1 N–H and O–H groups in total. The van der Waals surface area contributed by atoms with E-state index in [1.165, 1.54) is 6.07 Å². The molecule has 0 spiro atoms. The van der Waals surface area contributed by atoms with Gasteiger partial charge < -0.3 is 4.74 Å². The number of rotatable bonds is 2. The SMILES string of the molecule is C=Cc1c([N+](=C)O)ccc2c1CCOc1cc(C(F)(F)F)ccc1-2.CC. The Labute approximate surface area is 150 Å². The van der Waals surface area contributed by atoms with Crippen LogP contribution in [0.2, 0.25) is 0 Å². The number of hydrogen-bond acceptors (Lipinski definition) is 2. The van der Waals surface area contributed by atoms with Crippen LogP contribution in [0.5, 0.6) is 5.75 Å². The van der Waals surface area contributed by atoms with Crippen LogP contribution >= 0.6 is 0 Å². The lowest BCUT2D eigenvalue weighted by Gasteiger charge is -2.13. The molecule has 2 aromatic carbocycles. The van der Waals surface area contributed by atoms with Crippen molar-refractivity contribution in [1.29, 1.82) is 0 Å². The van der Waals surface area contributed by atoms with E-state index in [9.17, 15) is 18.4 Å². The molecule has 3 rings (SSSR count). The van der Waals surface area contributed by atoms with Crippen molar-refractivity contribution < 1.29 is 27.9 Å². The zero-order valence-electron chi connectivity index (χ0n) is 14.7. The van der Waals surface area contributed by atoms with Gasteiger partial charge in [-0.15, -0.1) is 0 Å². The second-order valence-corrected chi connectivity index (χ2v) is 5.44. The Balaban J connectivity index is 0.00000117. The third-order valence-corrected chi connectivity index (χ3v) is 4.03. The van der Waals surface area contributed by atoms with Crippen LogP contribution < -0.4 is 4.74 Å². The predicted molar refractivity (Wildman–Crippen MR) is 96.3 cm³/mol. The molecule has 0 saturated heterocycles. The van der Waals surface area contributed by atoms with Gasteiger partial charge in [0.05, 0.1) is 17.7 Å². The van der Waals surface area contributed by atoms with Crippen LogP contribution in [0.15, 0.2) is 36.9 Å². The van der Waals surface area contributed by atoms with Gasteiger partial charge in [-0.1, -0.05) is 32.6 Å². The second kappa shape index (κ2) is 7.64. The van der Waals surface area contributed by atoms with Crippen molar-refractivity contribution in [3.8, 4) is 16.9 Å². The topological polar surface area (TPSA) is 32.5 Å². The number of alkyl halides is 3. The van der Waals surface area contributed by atoms with Crippen molar-refractivity contribution in [3.63, 3.8) is 0 Å². The largest absolute Gasteiger partial charge is 0.493 e. The van der Waals surface area contributed by atoms with Crippen molar-refractivity contribution in [2.24, 2.45) is 0 Å². The minimum absolute atomic E-state index is 0.196. The van der Waals surface area contributed by atoms with Gasteiger partial charge in [-0.2, -0.15) is 13.2 Å². The summed E-state index contributed by atoms with van der Waals surface area (Å²) in [5, 5.41) is 9.65. The van der Waals surface area contributed by atoms with E-state index in [1.54, 1.807) is 18.2 Å². The molecule has 0 bridgehead atoms. The first kappa shape index (κ1) is 19.6. The van der Waals surface area contributed by atoms with Crippen LogP contribution in [0, 0.1) is 0 Å². The highest BCUT2D eigenvalue weighted by molar-refractivity contribution is 5.81. The first-order valence-corrected chi connectivity index (χ1v) is 8.25. The Morgan fingerprint density at radius 1 is 1.15 bits per heavy atom. The Morgan fingerprint density at radius 2 is 1.81 bits per heavy atom. The Bertz CT molecular complexity index is 842. The standard InChI is InChI=1S/C18H15F3NO2.C2H6/c1-3-12-14-8-9-24-17-10-11(18(19,20)21)4-5-15(17)13(14)6-7-16(12)22(2)23;1-2/h3-7,10,23H,1-2,8-9H2;1-2H3/q+1;. The summed E-state index contributed by atoms with van der Waals surface area (Å²) in [6, 6.07) is 6.86. The monoisotopic (exact) mass is 364 g/mol. The van der Waals surface area contributed by atoms with Crippen LogP contribution in [0.25, 0.3) is 17.2 Å². The molecule has 0 aromatic heterocycles. The quantitative estimate of drug-likeness (QED) is 0.320. The summed E-state index contributed by atoms with van der Waals surface area (Å²) in [4.78, 5) is 0. The van der Waals surface area contributed by atoms with Crippen LogP contribution in [-0.4, -0.2) is 23.3 Å². The van der Waals surface area contributed by atoms with Gasteiger partial charge in [-0.3, -0.25) is 5.21 Å². The summed E-state index contributed by atoms with van der Waals surface area (Å²) in [6.07, 6.45) is -2.35. The van der Waals surface area contributed by atoms with Gasteiger partial charge in [-0.25, -0.2) is 0 Å². The van der Waals surface area contributed by atoms with E-state index in [4.69, 9.17) is 4.74 Å². The summed E-state index contributed by atoms with van der Waals surface area (Å²) in [6.45, 7) is 11.4. The van der Waals surface area contributed by atoms with E-state index in [0.717, 1.165) is 28.0 Å². The summed E-state index contributed by atoms with van der Waals surface area (Å²) < 4.78 is 45.0. The normalized spacial score (nSPS) is 12.5. The smallest absolute Gasteiger partial charge is 0.416 e. The average molecular weight is 364 g/mol. The first-order valence-electron chi connectivity index (χ1n) is 8.25. The van der Waals surface area contributed by atoms with Crippen LogP contribution in [0.4, 0.5) is 18.9 Å². The van der Waals surface area contributed by atoms with E-state index in [0.29, 0.717) is 23.2 Å². The van der Waals surface area contributed by atoms with Gasteiger partial charge >= 0.3 is 6.18 Å². The van der Waals surface area contributed by atoms with Gasteiger partial charge in [0.1, 0.15) is 5.75 Å². The third kappa shape index (κ3) is 3.59. The van der Waals surface area contributed by atoms with E-state index in [-0.39, 0.29) is 12.4 Å². The third-order valence-electron chi connectivity index (χ3n) is 4.03. The Kier molecular flexibility index (Phi) is 5.75. The van der Waals surface area contributed by atoms with Gasteiger partial charge in [0.15, 0.2) is 6.72 Å². The number of halogens is 3. The molecule has 0 atom stereocenters. The van der Waals surface area contributed by atoms with Crippen molar-refractivity contribution in [3.05, 3.63) is 53.6 Å². The van der Waals surface area contributed by atoms with Crippen molar-refractivity contribution in [2.45, 2.75) is 26.4 Å². The zero-order chi connectivity index (χ0) is 19.5. The molecule has 2 aromatic rings. The molecule has 0 radical (unpaired) electrons. The zero-order valence-corrected chi connectivity index (χ0v) is 14.7. The minimum Gasteiger partial charge on any atom is -0.493 e. The molecular formula is C20H21F3NO2+. The lowest BCUT2D eigenvalue weighted by Crippen LogP contribution is -2.06. The lowest BCUT2D eigenvalue weighted by molar-refractivity contribution is -0.706. The number of ether oxygens (including phenoxy) is 1. The van der Waals surface area contributed by atoms with Crippen LogP contribution in [0.3, 0.4) is 0 Å². The van der Waals surface area contributed by atoms with E-state index in [1.807, 2.05) is 13.8 Å². The fourth-order valence-corrected chi connectivity index (χ4v) is 2.93. The minimum atomic E-state index is -4.42. The molecule has 26 heavy (non-hydrogen) atoms. The summed E-state index contributed by atoms with van der Waals surface area (Å²) in [5.41, 5.74) is 2.60. The van der Waals surface area contributed by atoms with Crippen LogP contribution in [0.1, 0.15) is 30.5 Å². The van der Waals surface area contributed by atoms with Crippen LogP contribution in [-0.2, 0) is 12.6 Å². The molecule has 1 heterocycles. The highest BCUT2D eigenvalue weighted by Crippen LogP contribution is 2.42. The van der Waals surface area contributed by atoms with Gasteiger partial charge in [0, 0.05) is 22.8 Å².